The summed E-state index contributed by atoms with van der Waals surface area (Å²) in [5.74, 6) is 0.779. The van der Waals surface area contributed by atoms with Crippen LogP contribution in [0.1, 0.15) is 42.9 Å². The predicted molar refractivity (Wildman–Crippen MR) is 115 cm³/mol. The van der Waals surface area contributed by atoms with Crippen molar-refractivity contribution in [2.75, 3.05) is 26.3 Å². The van der Waals surface area contributed by atoms with Crippen molar-refractivity contribution in [2.45, 2.75) is 39.3 Å². The summed E-state index contributed by atoms with van der Waals surface area (Å²) in [4.78, 5) is 4.73. The van der Waals surface area contributed by atoms with Crippen molar-refractivity contribution < 1.29 is 9.84 Å². The molecule has 2 aromatic rings. The van der Waals surface area contributed by atoms with Gasteiger partial charge >= 0.3 is 0 Å². The zero-order chi connectivity index (χ0) is 20.0. The molecule has 152 valence electrons. The number of aliphatic hydroxyl groups is 1. The average Bonchev–Trinajstić information content (AvgIpc) is 2.74. The topological polar surface area (TPSA) is 65.9 Å². The van der Waals surface area contributed by atoms with E-state index in [1.807, 2.05) is 49.4 Å². The number of hydrogen-bond acceptors (Lipinski definition) is 3. The Morgan fingerprint density at radius 3 is 2.39 bits per heavy atom. The summed E-state index contributed by atoms with van der Waals surface area (Å²) in [6, 6.07) is 18.3. The highest BCUT2D eigenvalue weighted by atomic mass is 16.5. The molecule has 0 aliphatic heterocycles. The molecule has 0 fully saturated rings. The van der Waals surface area contributed by atoms with E-state index < -0.39 is 0 Å². The molecule has 0 aromatic heterocycles. The smallest absolute Gasteiger partial charge is 0.191 e. The first kappa shape index (κ1) is 21.9. The lowest BCUT2D eigenvalue weighted by Crippen LogP contribution is -2.40. The molecule has 0 amide bonds. The molecule has 3 N–H and O–H groups in total. The van der Waals surface area contributed by atoms with Gasteiger partial charge in [-0.2, -0.15) is 0 Å². The van der Waals surface area contributed by atoms with E-state index in [9.17, 15) is 5.11 Å². The third kappa shape index (κ3) is 7.33. The number of guanidine groups is 1. The fraction of sp³-hybridized carbons (Fsp3) is 0.435. The predicted octanol–water partition coefficient (Wildman–Crippen LogP) is 3.44. The number of rotatable bonds is 11. The zero-order valence-corrected chi connectivity index (χ0v) is 17.0. The third-order valence-corrected chi connectivity index (χ3v) is 4.48. The summed E-state index contributed by atoms with van der Waals surface area (Å²) in [6.45, 7) is 7.61. The molecule has 1 atom stereocenters. The molecule has 1 unspecified atom stereocenters. The molecule has 0 aliphatic carbocycles. The summed E-state index contributed by atoms with van der Waals surface area (Å²) in [5, 5.41) is 16.4. The minimum absolute atomic E-state index is 0.0276. The molecule has 0 radical (unpaired) electrons. The molecule has 5 heteroatoms. The van der Waals surface area contributed by atoms with Crippen molar-refractivity contribution in [2.24, 2.45) is 4.99 Å². The average molecular weight is 384 g/mol. The first-order chi connectivity index (χ1) is 13.8. The van der Waals surface area contributed by atoms with Gasteiger partial charge in [-0.15, -0.1) is 0 Å². The first-order valence-electron chi connectivity index (χ1n) is 10.1. The van der Waals surface area contributed by atoms with Gasteiger partial charge in [0.05, 0.1) is 19.8 Å². The number of benzene rings is 2. The number of hydrogen-bond donors (Lipinski definition) is 3. The third-order valence-electron chi connectivity index (χ3n) is 4.48. The largest absolute Gasteiger partial charge is 0.396 e. The first-order valence-corrected chi connectivity index (χ1v) is 10.1. The van der Waals surface area contributed by atoms with Crippen molar-refractivity contribution >= 4 is 5.96 Å². The highest BCUT2D eigenvalue weighted by Crippen LogP contribution is 2.14. The number of ether oxygens (including phenoxy) is 1. The van der Waals surface area contributed by atoms with Gasteiger partial charge in [-0.3, -0.25) is 0 Å². The van der Waals surface area contributed by atoms with Gasteiger partial charge < -0.3 is 20.5 Å². The van der Waals surface area contributed by atoms with Crippen molar-refractivity contribution in [1.82, 2.24) is 10.6 Å². The highest BCUT2D eigenvalue weighted by Gasteiger charge is 2.11. The van der Waals surface area contributed by atoms with E-state index in [1.54, 1.807) is 0 Å². The molecular formula is C23H33N3O2. The van der Waals surface area contributed by atoms with E-state index in [1.165, 1.54) is 5.56 Å². The van der Waals surface area contributed by atoms with Gasteiger partial charge in [-0.05, 0) is 30.0 Å². The Labute approximate surface area is 168 Å². The van der Waals surface area contributed by atoms with Crippen LogP contribution in [-0.2, 0) is 17.9 Å². The molecular weight excluding hydrogens is 350 g/mol. The van der Waals surface area contributed by atoms with Crippen molar-refractivity contribution in [3.8, 4) is 0 Å². The summed E-state index contributed by atoms with van der Waals surface area (Å²) in [7, 11) is 0. The van der Waals surface area contributed by atoms with Gasteiger partial charge in [0.25, 0.3) is 0 Å². The monoisotopic (exact) mass is 383 g/mol. The number of aliphatic hydroxyl groups excluding tert-OH is 1. The second-order valence-corrected chi connectivity index (χ2v) is 6.69. The van der Waals surface area contributed by atoms with E-state index in [4.69, 9.17) is 9.73 Å². The maximum absolute atomic E-state index is 9.76. The van der Waals surface area contributed by atoms with E-state index in [0.29, 0.717) is 19.7 Å². The van der Waals surface area contributed by atoms with Crippen LogP contribution in [0.5, 0.6) is 0 Å². The van der Waals surface area contributed by atoms with Crippen molar-refractivity contribution in [3.63, 3.8) is 0 Å². The number of nitrogens with zero attached hydrogens (tertiary/aromatic N) is 1. The summed E-state index contributed by atoms with van der Waals surface area (Å²) >= 11 is 0. The maximum atomic E-state index is 9.76. The zero-order valence-electron chi connectivity index (χ0n) is 17.0. The summed E-state index contributed by atoms with van der Waals surface area (Å²) in [6.07, 6.45) is 1.02. The van der Waals surface area contributed by atoms with Crippen LogP contribution in [0.2, 0.25) is 0 Å². The van der Waals surface area contributed by atoms with E-state index in [2.05, 4.69) is 29.7 Å². The Morgan fingerprint density at radius 2 is 1.71 bits per heavy atom. The van der Waals surface area contributed by atoms with Crippen molar-refractivity contribution in [3.05, 3.63) is 71.3 Å². The molecule has 2 rings (SSSR count). The van der Waals surface area contributed by atoms with Crippen LogP contribution in [0, 0.1) is 0 Å². The van der Waals surface area contributed by atoms with Gasteiger partial charge in [0.1, 0.15) is 0 Å². The SMILES string of the molecule is CCCOCc1ccccc1CN=C(NCC)NCC(CO)c1ccccc1. The van der Waals surface area contributed by atoms with Gasteiger partial charge in [-0.25, -0.2) is 4.99 Å². The van der Waals surface area contributed by atoms with Crippen LogP contribution < -0.4 is 10.6 Å². The van der Waals surface area contributed by atoms with Crippen LogP contribution in [0.25, 0.3) is 0 Å². The van der Waals surface area contributed by atoms with Gasteiger partial charge in [0.15, 0.2) is 5.96 Å². The quantitative estimate of drug-likeness (QED) is 0.316. The standard InChI is InChI=1S/C23H33N3O2/c1-3-14-28-18-21-13-9-8-12-20(21)15-25-23(24-4-2)26-16-22(17-27)19-10-6-5-7-11-19/h5-13,22,27H,3-4,14-18H2,1-2H3,(H2,24,25,26). The molecule has 28 heavy (non-hydrogen) atoms. The van der Waals surface area contributed by atoms with Crippen molar-refractivity contribution in [1.29, 1.82) is 0 Å². The molecule has 2 aromatic carbocycles. The fourth-order valence-electron chi connectivity index (χ4n) is 2.92. The van der Waals surface area contributed by atoms with Gasteiger partial charge in [0.2, 0.25) is 0 Å². The van der Waals surface area contributed by atoms with Gasteiger partial charge in [0, 0.05) is 25.6 Å². The molecule has 5 nitrogen and oxygen atoms in total. The molecule has 0 bridgehead atoms. The van der Waals surface area contributed by atoms with Crippen LogP contribution in [-0.4, -0.2) is 37.4 Å². The lowest BCUT2D eigenvalue weighted by molar-refractivity contribution is 0.121. The lowest BCUT2D eigenvalue weighted by Gasteiger charge is -2.18. The lowest BCUT2D eigenvalue weighted by atomic mass is 10.0. The minimum Gasteiger partial charge on any atom is -0.396 e. The Kier molecular flexibility index (Phi) is 10.1. The molecule has 0 spiro atoms. The van der Waals surface area contributed by atoms with E-state index in [-0.39, 0.29) is 12.5 Å². The Balaban J connectivity index is 2.00. The normalized spacial score (nSPS) is 12.6. The number of nitrogens with one attached hydrogen (secondary N) is 2. The summed E-state index contributed by atoms with van der Waals surface area (Å²) < 4.78 is 5.70. The van der Waals surface area contributed by atoms with Crippen LogP contribution in [0.4, 0.5) is 0 Å². The van der Waals surface area contributed by atoms with E-state index >= 15 is 0 Å². The van der Waals surface area contributed by atoms with Crippen LogP contribution >= 0.6 is 0 Å². The second kappa shape index (κ2) is 12.9. The van der Waals surface area contributed by atoms with E-state index in [0.717, 1.165) is 36.7 Å². The summed E-state index contributed by atoms with van der Waals surface area (Å²) in [5.41, 5.74) is 3.46. The maximum Gasteiger partial charge on any atom is 0.191 e. The second-order valence-electron chi connectivity index (χ2n) is 6.69. The molecule has 0 saturated carbocycles. The van der Waals surface area contributed by atoms with Crippen LogP contribution in [0.3, 0.4) is 0 Å². The Bertz CT molecular complexity index is 704. The molecule has 0 aliphatic rings. The fourth-order valence-corrected chi connectivity index (χ4v) is 2.92. The molecule has 0 saturated heterocycles. The number of aliphatic imine (C=N–C) groups is 1. The van der Waals surface area contributed by atoms with Gasteiger partial charge in [-0.1, -0.05) is 61.5 Å². The Hall–Kier alpha value is -2.37. The molecule has 0 heterocycles. The highest BCUT2D eigenvalue weighted by molar-refractivity contribution is 5.79. The minimum atomic E-state index is 0.0276. The Morgan fingerprint density at radius 1 is 1.00 bits per heavy atom. The van der Waals surface area contributed by atoms with Crippen LogP contribution in [0.15, 0.2) is 59.6 Å².